The number of carbonyl (C=O) groups is 2. The van der Waals surface area contributed by atoms with Crippen LogP contribution in [0.2, 0.25) is 0 Å². The minimum atomic E-state index is -0.279. The molecule has 32 heavy (non-hydrogen) atoms. The maximum atomic E-state index is 14.2. The van der Waals surface area contributed by atoms with Crippen molar-refractivity contribution in [3.05, 3.63) is 59.9 Å². The van der Waals surface area contributed by atoms with Gasteiger partial charge in [0.05, 0.1) is 25.2 Å². The van der Waals surface area contributed by atoms with E-state index in [1.807, 2.05) is 30.3 Å². The number of piperazine rings is 1. The van der Waals surface area contributed by atoms with E-state index in [-0.39, 0.29) is 54.7 Å². The fraction of sp³-hybridized carbons (Fsp3) is 0.462. The number of fused-ring (bicyclic) bond motifs is 1. The Hall–Kier alpha value is -2.73. The van der Waals surface area contributed by atoms with Crippen molar-refractivity contribution in [2.24, 2.45) is 5.92 Å². The molecule has 0 spiro atoms. The predicted octanol–water partition coefficient (Wildman–Crippen LogP) is 3.57. The number of nitrogens with zero attached hydrogens (tertiary/aromatic N) is 2. The number of amides is 2. The summed E-state index contributed by atoms with van der Waals surface area (Å²) < 4.78 is 14.2. The average Bonchev–Trinajstić information content (AvgIpc) is 2.81. The van der Waals surface area contributed by atoms with E-state index in [1.165, 1.54) is 12.5 Å². The molecule has 0 unspecified atom stereocenters. The third-order valence-corrected chi connectivity index (χ3v) is 7.50. The quantitative estimate of drug-likeness (QED) is 0.797. The monoisotopic (exact) mass is 436 g/mol. The lowest BCUT2D eigenvalue weighted by molar-refractivity contribution is -0.168. The molecule has 2 amide bonds. The van der Waals surface area contributed by atoms with Crippen molar-refractivity contribution in [3.63, 3.8) is 0 Å². The molecule has 2 heterocycles. The molecule has 168 valence electrons. The van der Waals surface area contributed by atoms with Crippen LogP contribution in [0.1, 0.15) is 43.6 Å². The summed E-state index contributed by atoms with van der Waals surface area (Å²) in [7, 11) is 0. The van der Waals surface area contributed by atoms with E-state index in [9.17, 15) is 19.1 Å². The smallest absolute Gasteiger partial charge is 0.242 e. The number of hydrogen-bond acceptors (Lipinski definition) is 3. The van der Waals surface area contributed by atoms with E-state index in [1.54, 1.807) is 21.9 Å². The number of benzene rings is 2. The van der Waals surface area contributed by atoms with E-state index in [0.717, 1.165) is 36.8 Å². The minimum Gasteiger partial charge on any atom is -0.394 e. The van der Waals surface area contributed by atoms with Gasteiger partial charge in [-0.3, -0.25) is 9.59 Å². The normalized spacial score (nSPS) is 25.9. The van der Waals surface area contributed by atoms with Gasteiger partial charge in [-0.05, 0) is 30.0 Å². The van der Waals surface area contributed by atoms with Crippen molar-refractivity contribution in [2.75, 3.05) is 19.7 Å². The Bertz CT molecular complexity index is 1000. The highest BCUT2D eigenvalue weighted by Gasteiger charge is 2.54. The van der Waals surface area contributed by atoms with Gasteiger partial charge in [0.1, 0.15) is 5.82 Å². The van der Waals surface area contributed by atoms with E-state index in [0.29, 0.717) is 12.1 Å². The molecular formula is C26H29FN2O3. The summed E-state index contributed by atoms with van der Waals surface area (Å²) in [5, 5.41) is 10.00. The fourth-order valence-corrected chi connectivity index (χ4v) is 5.86. The Morgan fingerprint density at radius 3 is 2.44 bits per heavy atom. The number of aliphatic hydroxyl groups is 1. The van der Waals surface area contributed by atoms with Crippen LogP contribution in [0.3, 0.4) is 0 Å². The van der Waals surface area contributed by atoms with Crippen molar-refractivity contribution in [1.29, 1.82) is 0 Å². The summed E-state index contributed by atoms with van der Waals surface area (Å²) in [6, 6.07) is 14.0. The lowest BCUT2D eigenvalue weighted by Crippen LogP contribution is -2.73. The average molecular weight is 437 g/mol. The van der Waals surface area contributed by atoms with Gasteiger partial charge in [-0.25, -0.2) is 4.39 Å². The lowest BCUT2D eigenvalue weighted by Gasteiger charge is -2.59. The van der Waals surface area contributed by atoms with Crippen LogP contribution in [0, 0.1) is 11.7 Å². The molecule has 1 saturated carbocycles. The minimum absolute atomic E-state index is 0.0373. The van der Waals surface area contributed by atoms with Crippen LogP contribution in [0.15, 0.2) is 48.5 Å². The summed E-state index contributed by atoms with van der Waals surface area (Å²) in [5.41, 5.74) is 2.34. The molecule has 2 aliphatic heterocycles. The lowest BCUT2D eigenvalue weighted by atomic mass is 9.73. The van der Waals surface area contributed by atoms with Gasteiger partial charge in [0.2, 0.25) is 11.8 Å². The summed E-state index contributed by atoms with van der Waals surface area (Å²) in [6.07, 6.45) is 5.17. The van der Waals surface area contributed by atoms with Gasteiger partial charge in [0, 0.05) is 23.9 Å². The molecule has 1 aliphatic carbocycles. The Morgan fingerprint density at radius 2 is 1.75 bits per heavy atom. The van der Waals surface area contributed by atoms with Crippen LogP contribution in [0.4, 0.5) is 4.39 Å². The van der Waals surface area contributed by atoms with Crippen molar-refractivity contribution in [1.82, 2.24) is 9.80 Å². The molecule has 2 aromatic carbocycles. The summed E-state index contributed by atoms with van der Waals surface area (Å²) >= 11 is 0. The second-order valence-electron chi connectivity index (χ2n) is 9.30. The van der Waals surface area contributed by atoms with Gasteiger partial charge in [-0.15, -0.1) is 0 Å². The molecule has 3 aliphatic rings. The van der Waals surface area contributed by atoms with Crippen LogP contribution in [0.5, 0.6) is 0 Å². The van der Waals surface area contributed by atoms with Crippen LogP contribution >= 0.6 is 0 Å². The standard InChI is InChI=1S/C26H29FN2O3/c27-21-9-5-4-8-20(21)17-10-12-18(13-11-17)25-22-14-28(15-24(31)29(22)23(25)16-30)26(32)19-6-2-1-3-7-19/h4-5,8-13,19,22-23,25,30H,1-3,6-7,14-16H2/t22-,23+,25+/m1/s1. The molecule has 5 nitrogen and oxygen atoms in total. The fourth-order valence-electron chi connectivity index (χ4n) is 5.86. The maximum absolute atomic E-state index is 14.2. The highest BCUT2D eigenvalue weighted by molar-refractivity contribution is 5.88. The van der Waals surface area contributed by atoms with Gasteiger partial charge in [-0.2, -0.15) is 0 Å². The molecule has 1 N–H and O–H groups in total. The highest BCUT2D eigenvalue weighted by atomic mass is 19.1. The molecule has 2 aromatic rings. The first-order valence-corrected chi connectivity index (χ1v) is 11.6. The maximum Gasteiger partial charge on any atom is 0.242 e. The van der Waals surface area contributed by atoms with Crippen LogP contribution in [0.25, 0.3) is 11.1 Å². The number of halogens is 1. The number of carbonyl (C=O) groups excluding carboxylic acids is 2. The van der Waals surface area contributed by atoms with Gasteiger partial charge in [0.15, 0.2) is 0 Å². The van der Waals surface area contributed by atoms with E-state index >= 15 is 0 Å². The van der Waals surface area contributed by atoms with E-state index in [4.69, 9.17) is 0 Å². The number of hydrogen-bond donors (Lipinski definition) is 1. The first-order chi connectivity index (χ1) is 15.6. The Kier molecular flexibility index (Phi) is 5.72. The third-order valence-electron chi connectivity index (χ3n) is 7.50. The first-order valence-electron chi connectivity index (χ1n) is 11.6. The molecule has 0 aromatic heterocycles. The second kappa shape index (κ2) is 8.66. The largest absolute Gasteiger partial charge is 0.394 e. The molecule has 6 heteroatoms. The van der Waals surface area contributed by atoms with E-state index < -0.39 is 0 Å². The number of aliphatic hydroxyl groups excluding tert-OH is 1. The topological polar surface area (TPSA) is 60.9 Å². The molecule has 2 saturated heterocycles. The first kappa shape index (κ1) is 21.1. The van der Waals surface area contributed by atoms with Crippen molar-refractivity contribution in [2.45, 2.75) is 50.1 Å². The summed E-state index contributed by atoms with van der Waals surface area (Å²) in [4.78, 5) is 29.4. The highest BCUT2D eigenvalue weighted by Crippen LogP contribution is 2.43. The molecule has 3 atom stereocenters. The molecular weight excluding hydrogens is 407 g/mol. The summed E-state index contributed by atoms with van der Waals surface area (Å²) in [6.45, 7) is 0.511. The Morgan fingerprint density at radius 1 is 1.03 bits per heavy atom. The SMILES string of the molecule is O=C(C1CCCCC1)N1CC(=O)N2[C@H](C1)[C@H](c1ccc(-c3ccccc3F)cc1)[C@@H]2CO. The summed E-state index contributed by atoms with van der Waals surface area (Å²) in [5.74, 6) is -0.239. The third kappa shape index (κ3) is 3.60. The molecule has 3 fully saturated rings. The zero-order valence-corrected chi connectivity index (χ0v) is 18.1. The molecule has 0 bridgehead atoms. The zero-order valence-electron chi connectivity index (χ0n) is 18.1. The predicted molar refractivity (Wildman–Crippen MR) is 119 cm³/mol. The molecule has 5 rings (SSSR count). The van der Waals surface area contributed by atoms with Crippen LogP contribution in [-0.2, 0) is 9.59 Å². The van der Waals surface area contributed by atoms with Gasteiger partial charge >= 0.3 is 0 Å². The van der Waals surface area contributed by atoms with Crippen LogP contribution in [-0.4, -0.2) is 58.5 Å². The molecule has 0 radical (unpaired) electrons. The second-order valence-corrected chi connectivity index (χ2v) is 9.30. The van der Waals surface area contributed by atoms with Crippen molar-refractivity contribution in [3.8, 4) is 11.1 Å². The Balaban J connectivity index is 1.36. The van der Waals surface area contributed by atoms with Crippen molar-refractivity contribution >= 4 is 11.8 Å². The van der Waals surface area contributed by atoms with Gasteiger partial charge in [-0.1, -0.05) is 61.7 Å². The van der Waals surface area contributed by atoms with Crippen molar-refractivity contribution < 1.29 is 19.1 Å². The zero-order chi connectivity index (χ0) is 22.2. The number of rotatable bonds is 4. The van der Waals surface area contributed by atoms with E-state index in [2.05, 4.69) is 0 Å². The van der Waals surface area contributed by atoms with Gasteiger partial charge in [0.25, 0.3) is 0 Å². The van der Waals surface area contributed by atoms with Gasteiger partial charge < -0.3 is 14.9 Å². The Labute approximate surface area is 187 Å². The van der Waals surface area contributed by atoms with Crippen LogP contribution < -0.4 is 0 Å².